The lowest BCUT2D eigenvalue weighted by atomic mass is 10.2. The van der Waals surface area contributed by atoms with E-state index in [9.17, 15) is 17.3 Å². The summed E-state index contributed by atoms with van der Waals surface area (Å²) in [5, 5.41) is 6.79. The fourth-order valence-corrected chi connectivity index (χ4v) is 1.20. The molecule has 2 aromatic rings. The molecular weight excluding hydrogens is 237 g/mol. The lowest BCUT2D eigenvalue weighted by Crippen LogP contribution is -2.32. The molecule has 0 bridgehead atoms. The minimum absolute atomic E-state index is 1.09. The van der Waals surface area contributed by atoms with Crippen molar-refractivity contribution in [2.75, 3.05) is 0 Å². The minimum atomic E-state index is -6.00. The standard InChI is InChI=1S/C9H9N3.BF4/c1-12-9(7-10-11-12)8-5-3-2-4-6-8;2-1(3,4)5/h2-7H,1H3;/q;-1/p+1. The Morgan fingerprint density at radius 2 is 1.65 bits per heavy atom. The largest absolute Gasteiger partial charge is 0.673 e. The topological polar surface area (TPSA) is 32.6 Å². The van der Waals surface area contributed by atoms with Gasteiger partial charge in [-0.1, -0.05) is 30.3 Å². The first kappa shape index (κ1) is 13.2. The third kappa shape index (κ3) is 5.14. The van der Waals surface area contributed by atoms with Crippen molar-refractivity contribution in [2.24, 2.45) is 7.05 Å². The molecule has 2 rings (SSSR count). The van der Waals surface area contributed by atoms with Crippen LogP contribution in [-0.4, -0.2) is 17.6 Å². The average Bonchev–Trinajstić information content (AvgIpc) is 2.63. The van der Waals surface area contributed by atoms with E-state index in [1.165, 1.54) is 5.56 Å². The lowest BCUT2D eigenvalue weighted by Gasteiger charge is -1.94. The van der Waals surface area contributed by atoms with Crippen molar-refractivity contribution in [1.82, 2.24) is 10.3 Å². The quantitative estimate of drug-likeness (QED) is 0.467. The van der Waals surface area contributed by atoms with Gasteiger partial charge in [-0.15, -0.1) is 4.68 Å². The van der Waals surface area contributed by atoms with Crippen LogP contribution in [0.2, 0.25) is 0 Å². The number of nitrogens with zero attached hydrogens (tertiary/aromatic N) is 2. The number of hydrogen-bond donors (Lipinski definition) is 1. The number of H-pyrrole nitrogens is 1. The fourth-order valence-electron chi connectivity index (χ4n) is 1.20. The molecule has 0 radical (unpaired) electrons. The van der Waals surface area contributed by atoms with Gasteiger partial charge in [0.25, 0.3) is 0 Å². The Hall–Kier alpha value is -1.86. The predicted molar refractivity (Wildman–Crippen MR) is 55.4 cm³/mol. The molecule has 0 aliphatic rings. The van der Waals surface area contributed by atoms with Gasteiger partial charge in [0.1, 0.15) is 7.05 Å². The Morgan fingerprint density at radius 3 is 2.06 bits per heavy atom. The van der Waals surface area contributed by atoms with Crippen LogP contribution in [-0.2, 0) is 7.05 Å². The molecule has 1 N–H and O–H groups in total. The smallest absolute Gasteiger partial charge is 0.418 e. The second-order valence-electron chi connectivity index (χ2n) is 3.14. The van der Waals surface area contributed by atoms with Gasteiger partial charge in [0, 0.05) is 5.56 Å². The van der Waals surface area contributed by atoms with E-state index in [2.05, 4.69) is 22.4 Å². The SMILES string of the molecule is C[n+]1n[nH]cc1-c1ccccc1.F[B-](F)(F)F. The maximum Gasteiger partial charge on any atom is 0.673 e. The highest BCUT2D eigenvalue weighted by Gasteiger charge is 2.20. The van der Waals surface area contributed by atoms with Crippen molar-refractivity contribution in [3.8, 4) is 11.3 Å². The first-order valence-electron chi connectivity index (χ1n) is 4.71. The van der Waals surface area contributed by atoms with Gasteiger partial charge in [-0.3, -0.25) is 0 Å². The monoisotopic (exact) mass is 247 g/mol. The number of hydrogen-bond acceptors (Lipinski definition) is 1. The molecule has 0 aliphatic heterocycles. The van der Waals surface area contributed by atoms with Crippen LogP contribution < -0.4 is 4.68 Å². The number of aromatic nitrogens is 3. The molecule has 1 heterocycles. The van der Waals surface area contributed by atoms with Crippen molar-refractivity contribution in [1.29, 1.82) is 0 Å². The van der Waals surface area contributed by atoms with Crippen molar-refractivity contribution in [3.05, 3.63) is 36.5 Å². The van der Waals surface area contributed by atoms with E-state index in [0.29, 0.717) is 0 Å². The maximum atomic E-state index is 9.75. The van der Waals surface area contributed by atoms with Gasteiger partial charge in [0.15, 0.2) is 11.9 Å². The zero-order valence-corrected chi connectivity index (χ0v) is 8.95. The average molecular weight is 247 g/mol. The second kappa shape index (κ2) is 5.47. The molecule has 0 saturated carbocycles. The summed E-state index contributed by atoms with van der Waals surface area (Å²) in [4.78, 5) is 0. The van der Waals surface area contributed by atoms with Gasteiger partial charge in [-0.2, -0.15) is 5.10 Å². The molecule has 1 aromatic carbocycles. The molecule has 0 unspecified atom stereocenters. The molecule has 0 aliphatic carbocycles. The highest BCUT2D eigenvalue weighted by molar-refractivity contribution is 6.50. The number of nitrogens with one attached hydrogen (secondary N) is 1. The number of aromatic amines is 1. The van der Waals surface area contributed by atoms with E-state index in [0.717, 1.165) is 5.69 Å². The van der Waals surface area contributed by atoms with E-state index < -0.39 is 7.25 Å². The van der Waals surface area contributed by atoms with Gasteiger partial charge in [-0.05, 0) is 0 Å². The Bertz CT molecular complexity index is 449. The minimum Gasteiger partial charge on any atom is -0.418 e. The first-order chi connectivity index (χ1) is 7.88. The molecule has 0 saturated heterocycles. The van der Waals surface area contributed by atoms with Crippen molar-refractivity contribution in [3.63, 3.8) is 0 Å². The molecule has 92 valence electrons. The van der Waals surface area contributed by atoms with Gasteiger partial charge < -0.3 is 17.3 Å². The van der Waals surface area contributed by atoms with Crippen LogP contribution in [0.25, 0.3) is 11.3 Å². The van der Waals surface area contributed by atoms with Crippen molar-refractivity contribution < 1.29 is 21.9 Å². The van der Waals surface area contributed by atoms with Crippen LogP contribution in [0, 0.1) is 0 Å². The molecule has 3 nitrogen and oxygen atoms in total. The molecule has 0 fully saturated rings. The van der Waals surface area contributed by atoms with E-state index in [1.54, 1.807) is 0 Å². The normalized spacial score (nSPS) is 10.6. The molecular formula is C9H10BF4N3. The molecule has 0 amide bonds. The highest BCUT2D eigenvalue weighted by Crippen LogP contribution is 2.11. The van der Waals surface area contributed by atoms with Crippen LogP contribution in [0.15, 0.2) is 36.5 Å². The maximum absolute atomic E-state index is 9.75. The summed E-state index contributed by atoms with van der Waals surface area (Å²) < 4.78 is 40.8. The van der Waals surface area contributed by atoms with Crippen LogP contribution in [0.5, 0.6) is 0 Å². The van der Waals surface area contributed by atoms with Crippen LogP contribution in [0.4, 0.5) is 17.3 Å². The lowest BCUT2D eigenvalue weighted by molar-refractivity contribution is -0.720. The van der Waals surface area contributed by atoms with Crippen LogP contribution in [0.3, 0.4) is 0 Å². The Kier molecular flexibility index (Phi) is 4.25. The third-order valence-corrected chi connectivity index (χ3v) is 1.83. The van der Waals surface area contributed by atoms with E-state index >= 15 is 0 Å². The van der Waals surface area contributed by atoms with Gasteiger partial charge >= 0.3 is 7.25 Å². The zero-order chi connectivity index (χ0) is 12.9. The molecule has 1 aromatic heterocycles. The fraction of sp³-hybridized carbons (Fsp3) is 0.111. The molecule has 8 heteroatoms. The number of rotatable bonds is 1. The molecule has 0 spiro atoms. The van der Waals surface area contributed by atoms with E-state index in [4.69, 9.17) is 0 Å². The third-order valence-electron chi connectivity index (χ3n) is 1.83. The van der Waals surface area contributed by atoms with Gasteiger partial charge in [-0.25, -0.2) is 0 Å². The van der Waals surface area contributed by atoms with Crippen LogP contribution in [0.1, 0.15) is 0 Å². The van der Waals surface area contributed by atoms with E-state index in [1.807, 2.05) is 36.1 Å². The summed E-state index contributed by atoms with van der Waals surface area (Å²) in [6.45, 7) is 0. The van der Waals surface area contributed by atoms with E-state index in [-0.39, 0.29) is 0 Å². The molecule has 17 heavy (non-hydrogen) atoms. The Labute approximate surface area is 95.2 Å². The Balaban J connectivity index is 0.000000249. The summed E-state index contributed by atoms with van der Waals surface area (Å²) in [6.07, 6.45) is 1.88. The van der Waals surface area contributed by atoms with Gasteiger partial charge in [0.05, 0.1) is 5.21 Å². The highest BCUT2D eigenvalue weighted by atomic mass is 19.5. The van der Waals surface area contributed by atoms with Crippen molar-refractivity contribution >= 4 is 7.25 Å². The zero-order valence-electron chi connectivity index (χ0n) is 8.95. The number of benzene rings is 1. The predicted octanol–water partition coefficient (Wildman–Crippen LogP) is 2.20. The number of aryl methyl sites for hydroxylation is 1. The number of halogens is 4. The summed E-state index contributed by atoms with van der Waals surface area (Å²) >= 11 is 0. The van der Waals surface area contributed by atoms with Crippen LogP contribution >= 0.6 is 0 Å². The summed E-state index contributed by atoms with van der Waals surface area (Å²) in [5.41, 5.74) is 2.27. The first-order valence-corrected chi connectivity index (χ1v) is 4.71. The van der Waals surface area contributed by atoms with Crippen molar-refractivity contribution in [2.45, 2.75) is 0 Å². The summed E-state index contributed by atoms with van der Waals surface area (Å²) in [6, 6.07) is 10.2. The summed E-state index contributed by atoms with van der Waals surface area (Å²) in [5.74, 6) is 0. The summed E-state index contributed by atoms with van der Waals surface area (Å²) in [7, 11) is -4.08. The van der Waals surface area contributed by atoms with Gasteiger partial charge in [0.2, 0.25) is 0 Å². The second-order valence-corrected chi connectivity index (χ2v) is 3.14. The Morgan fingerprint density at radius 1 is 1.12 bits per heavy atom. The molecule has 0 atom stereocenters.